The molecule has 1 atom stereocenters. The first kappa shape index (κ1) is 12.7. The van der Waals surface area contributed by atoms with Crippen molar-refractivity contribution in [3.8, 4) is 0 Å². The summed E-state index contributed by atoms with van der Waals surface area (Å²) in [5.74, 6) is 1.65. The fraction of sp³-hybridized carbons (Fsp3) is 0.429. The molecule has 1 aromatic heterocycles. The zero-order valence-electron chi connectivity index (χ0n) is 11.0. The Morgan fingerprint density at radius 3 is 3.16 bits per heavy atom. The lowest BCUT2D eigenvalue weighted by molar-refractivity contribution is -0.678. The molecule has 1 aliphatic rings. The second kappa shape index (κ2) is 5.75. The largest absolute Gasteiger partial charge is 0.410 e. The molecule has 0 saturated carbocycles. The number of nitrogens with zero attached hydrogens (tertiary/aromatic N) is 2. The fourth-order valence-electron chi connectivity index (χ4n) is 2.37. The Hall–Kier alpha value is -1.33. The molecule has 2 N–H and O–H groups in total. The minimum absolute atomic E-state index is 0.376. The van der Waals surface area contributed by atoms with Crippen LogP contribution in [0.2, 0.25) is 0 Å². The third kappa shape index (κ3) is 3.16. The van der Waals surface area contributed by atoms with E-state index in [4.69, 9.17) is 4.42 Å². The van der Waals surface area contributed by atoms with Crippen LogP contribution in [0, 0.1) is 6.92 Å². The van der Waals surface area contributed by atoms with Gasteiger partial charge in [0, 0.05) is 18.6 Å². The van der Waals surface area contributed by atoms with E-state index in [0.29, 0.717) is 11.3 Å². The molecular weight excluding hydrogens is 258 g/mol. The Morgan fingerprint density at radius 1 is 1.42 bits per heavy atom. The molecule has 0 bridgehead atoms. The van der Waals surface area contributed by atoms with Gasteiger partial charge in [0.1, 0.15) is 0 Å². The molecule has 100 valence electrons. The predicted molar refractivity (Wildman–Crippen MR) is 73.8 cm³/mol. The van der Waals surface area contributed by atoms with Gasteiger partial charge in [-0.3, -0.25) is 0 Å². The molecule has 1 unspecified atom stereocenters. The molecule has 0 radical (unpaired) electrons. The summed E-state index contributed by atoms with van der Waals surface area (Å²) in [5, 5.41) is 11.2. The van der Waals surface area contributed by atoms with Crippen LogP contribution in [0.3, 0.4) is 0 Å². The number of aryl methyl sites for hydroxylation is 1. The van der Waals surface area contributed by atoms with E-state index in [1.54, 1.807) is 11.8 Å². The lowest BCUT2D eigenvalue weighted by Gasteiger charge is -2.00. The highest BCUT2D eigenvalue weighted by Gasteiger charge is 2.26. The van der Waals surface area contributed by atoms with Gasteiger partial charge in [-0.25, -0.2) is 0 Å². The standard InChI is InChI=1S/C14H17N3OS/c1-10-4-2-5-11(8-10)9-19-14-17-16-13(18-14)12-6-3-7-15-12/h2,4-5,8,12,15H,3,6-7,9H2,1H3/p+1. The van der Waals surface area contributed by atoms with Crippen LogP contribution in [0.15, 0.2) is 33.9 Å². The molecule has 1 saturated heterocycles. The van der Waals surface area contributed by atoms with Crippen molar-refractivity contribution in [1.82, 2.24) is 10.2 Å². The van der Waals surface area contributed by atoms with Crippen LogP contribution in [0.5, 0.6) is 0 Å². The van der Waals surface area contributed by atoms with Crippen molar-refractivity contribution < 1.29 is 9.73 Å². The van der Waals surface area contributed by atoms with Crippen molar-refractivity contribution in [2.75, 3.05) is 6.54 Å². The predicted octanol–water partition coefficient (Wildman–Crippen LogP) is 2.07. The van der Waals surface area contributed by atoms with Gasteiger partial charge in [-0.1, -0.05) is 41.6 Å². The summed E-state index contributed by atoms with van der Waals surface area (Å²) in [6.07, 6.45) is 2.38. The maximum atomic E-state index is 5.73. The molecule has 0 spiro atoms. The first-order valence-corrected chi connectivity index (χ1v) is 7.65. The van der Waals surface area contributed by atoms with Gasteiger partial charge in [0.2, 0.25) is 0 Å². The van der Waals surface area contributed by atoms with E-state index < -0.39 is 0 Å². The highest BCUT2D eigenvalue weighted by atomic mass is 32.2. The number of nitrogens with two attached hydrogens (primary N) is 1. The van der Waals surface area contributed by atoms with Gasteiger partial charge in [-0.2, -0.15) is 0 Å². The number of aromatic nitrogens is 2. The van der Waals surface area contributed by atoms with Gasteiger partial charge in [0.05, 0.1) is 6.54 Å². The van der Waals surface area contributed by atoms with E-state index in [0.717, 1.165) is 18.1 Å². The molecular formula is C14H18N3OS+. The van der Waals surface area contributed by atoms with Crippen LogP contribution < -0.4 is 5.32 Å². The van der Waals surface area contributed by atoms with Crippen LogP contribution in [-0.2, 0) is 5.75 Å². The van der Waals surface area contributed by atoms with E-state index in [2.05, 4.69) is 46.7 Å². The smallest absolute Gasteiger partial charge is 0.277 e. The number of thioether (sulfide) groups is 1. The summed E-state index contributed by atoms with van der Waals surface area (Å²) in [4.78, 5) is 0. The van der Waals surface area contributed by atoms with E-state index in [1.807, 2.05) is 0 Å². The van der Waals surface area contributed by atoms with Crippen molar-refractivity contribution in [1.29, 1.82) is 0 Å². The number of rotatable bonds is 4. The average Bonchev–Trinajstić information content (AvgIpc) is 3.07. The van der Waals surface area contributed by atoms with Gasteiger partial charge in [0.15, 0.2) is 6.04 Å². The van der Waals surface area contributed by atoms with Crippen LogP contribution in [-0.4, -0.2) is 16.7 Å². The van der Waals surface area contributed by atoms with Crippen LogP contribution >= 0.6 is 11.8 Å². The van der Waals surface area contributed by atoms with Crippen LogP contribution in [0.4, 0.5) is 0 Å². The van der Waals surface area contributed by atoms with E-state index in [-0.39, 0.29) is 0 Å². The van der Waals surface area contributed by atoms with E-state index in [9.17, 15) is 0 Å². The Labute approximate surface area is 117 Å². The van der Waals surface area contributed by atoms with Crippen LogP contribution in [0.1, 0.15) is 35.9 Å². The van der Waals surface area contributed by atoms with Crippen molar-refractivity contribution >= 4 is 11.8 Å². The van der Waals surface area contributed by atoms with Gasteiger partial charge >= 0.3 is 0 Å². The van der Waals surface area contributed by atoms with Gasteiger partial charge in [-0.15, -0.1) is 10.2 Å². The Morgan fingerprint density at radius 2 is 2.37 bits per heavy atom. The molecule has 1 aromatic carbocycles. The second-order valence-electron chi connectivity index (χ2n) is 4.96. The normalized spacial score (nSPS) is 18.9. The molecule has 0 aliphatic carbocycles. The molecule has 5 heteroatoms. The molecule has 4 nitrogen and oxygen atoms in total. The summed E-state index contributed by atoms with van der Waals surface area (Å²) in [5.41, 5.74) is 2.57. The van der Waals surface area contributed by atoms with Crippen molar-refractivity contribution in [2.45, 2.75) is 36.8 Å². The van der Waals surface area contributed by atoms with Crippen molar-refractivity contribution in [3.05, 3.63) is 41.3 Å². The lowest BCUT2D eigenvalue weighted by atomic mass is 10.2. The van der Waals surface area contributed by atoms with E-state index in [1.165, 1.54) is 24.1 Å². The first-order valence-electron chi connectivity index (χ1n) is 6.66. The SMILES string of the molecule is Cc1cccc(CSc2nnc(C3CCC[NH2+]3)o2)c1. The second-order valence-corrected chi connectivity index (χ2v) is 5.88. The van der Waals surface area contributed by atoms with Gasteiger partial charge in [0.25, 0.3) is 11.1 Å². The van der Waals surface area contributed by atoms with Gasteiger partial charge in [-0.05, 0) is 12.5 Å². The average molecular weight is 276 g/mol. The highest BCUT2D eigenvalue weighted by Crippen LogP contribution is 2.24. The molecule has 1 aliphatic heterocycles. The third-order valence-corrected chi connectivity index (χ3v) is 4.24. The third-order valence-electron chi connectivity index (χ3n) is 3.35. The quantitative estimate of drug-likeness (QED) is 0.869. The Bertz CT molecular complexity index is 549. The number of benzene rings is 1. The molecule has 19 heavy (non-hydrogen) atoms. The number of hydrogen-bond donors (Lipinski definition) is 1. The molecule has 2 aromatic rings. The summed E-state index contributed by atoms with van der Waals surface area (Å²) >= 11 is 1.61. The van der Waals surface area contributed by atoms with Crippen molar-refractivity contribution in [3.63, 3.8) is 0 Å². The Kier molecular flexibility index (Phi) is 3.84. The van der Waals surface area contributed by atoms with Gasteiger partial charge < -0.3 is 9.73 Å². The zero-order valence-corrected chi connectivity index (χ0v) is 11.8. The number of quaternary nitrogens is 1. The summed E-state index contributed by atoms with van der Waals surface area (Å²) in [6, 6.07) is 8.88. The maximum Gasteiger partial charge on any atom is 0.277 e. The molecule has 1 fully saturated rings. The fourth-order valence-corrected chi connectivity index (χ4v) is 3.09. The lowest BCUT2D eigenvalue weighted by Crippen LogP contribution is -2.81. The minimum Gasteiger partial charge on any atom is -0.410 e. The monoisotopic (exact) mass is 276 g/mol. The summed E-state index contributed by atoms with van der Waals surface area (Å²) < 4.78 is 5.73. The van der Waals surface area contributed by atoms with E-state index >= 15 is 0 Å². The van der Waals surface area contributed by atoms with Crippen LogP contribution in [0.25, 0.3) is 0 Å². The topological polar surface area (TPSA) is 55.5 Å². The molecule has 3 rings (SSSR count). The molecule has 2 heterocycles. The summed E-state index contributed by atoms with van der Waals surface area (Å²) in [6.45, 7) is 3.27. The maximum absolute atomic E-state index is 5.73. The highest BCUT2D eigenvalue weighted by molar-refractivity contribution is 7.98. The minimum atomic E-state index is 0.376. The zero-order chi connectivity index (χ0) is 13.1. The first-order chi connectivity index (χ1) is 9.31. The van der Waals surface area contributed by atoms with Crippen molar-refractivity contribution in [2.24, 2.45) is 0 Å². The summed E-state index contributed by atoms with van der Waals surface area (Å²) in [7, 11) is 0. The Balaban J connectivity index is 1.61. The molecule has 0 amide bonds. The number of hydrogen-bond acceptors (Lipinski definition) is 4.